The maximum Gasteiger partial charge on any atom is 0.200 e. The van der Waals surface area contributed by atoms with Gasteiger partial charge in [-0.3, -0.25) is 4.57 Å². The molecule has 0 N–H and O–H groups in total. The molecule has 0 saturated carbocycles. The summed E-state index contributed by atoms with van der Waals surface area (Å²) in [5, 5.41) is 5.47. The molecule has 200 valence electrons. The molecule has 1 heterocycles. The monoisotopic (exact) mass is 567 g/mol. The van der Waals surface area contributed by atoms with Crippen LogP contribution in [0.3, 0.4) is 0 Å². The molecule has 0 fully saturated rings. The minimum Gasteiger partial charge on any atom is -0.269 e. The highest BCUT2D eigenvalue weighted by Crippen LogP contribution is 2.39. The Kier molecular flexibility index (Phi) is 6.31. The number of hydrogen-bond acceptors (Lipinski definition) is 2. The van der Waals surface area contributed by atoms with E-state index in [1.54, 1.807) is 0 Å². The summed E-state index contributed by atoms with van der Waals surface area (Å²) < 4.78 is 209. The minimum atomic E-state index is -2.90. The van der Waals surface area contributed by atoms with E-state index in [9.17, 15) is 65.9 Å². The number of aromatic nitrogens is 3. The molecule has 0 aliphatic carbocycles. The van der Waals surface area contributed by atoms with E-state index in [1.807, 2.05) is 0 Å². The predicted octanol–water partition coefficient (Wildman–Crippen LogP) is 6.69. The molecule has 1 aromatic heterocycles. The summed E-state index contributed by atoms with van der Waals surface area (Å²) in [6.07, 6.45) is 0. The highest BCUT2D eigenvalue weighted by Gasteiger charge is 2.37. The quantitative estimate of drug-likeness (QED) is 0.157. The van der Waals surface area contributed by atoms with Gasteiger partial charge in [-0.2, -0.15) is 0 Å². The molecule has 3 nitrogen and oxygen atoms in total. The van der Waals surface area contributed by atoms with Gasteiger partial charge in [-0.25, -0.2) is 65.9 Å². The molecule has 3 aromatic carbocycles. The maximum atomic E-state index is 14.6. The number of hydrogen-bond donors (Lipinski definition) is 0. The number of benzene rings is 3. The average Bonchev–Trinajstić information content (AvgIpc) is 3.30. The van der Waals surface area contributed by atoms with Gasteiger partial charge in [0.1, 0.15) is 5.69 Å². The molecule has 38 heavy (non-hydrogen) atoms. The second kappa shape index (κ2) is 8.95. The molecule has 0 spiro atoms. The van der Waals surface area contributed by atoms with Crippen molar-refractivity contribution in [3.63, 3.8) is 0 Å². The van der Waals surface area contributed by atoms with Crippen molar-refractivity contribution in [2.75, 3.05) is 0 Å². The molecular weight excluding hydrogens is 567 g/mol. The topological polar surface area (TPSA) is 30.7 Å². The smallest absolute Gasteiger partial charge is 0.200 e. The molecule has 0 aliphatic rings. The zero-order chi connectivity index (χ0) is 28.5. The minimum absolute atomic E-state index is 0.882. The van der Waals surface area contributed by atoms with E-state index in [2.05, 4.69) is 10.2 Å². The lowest BCUT2D eigenvalue weighted by atomic mass is 10.1. The van der Waals surface area contributed by atoms with Crippen LogP contribution in [0.2, 0.25) is 0 Å². The first-order valence-corrected chi connectivity index (χ1v) is 9.15. The van der Waals surface area contributed by atoms with Gasteiger partial charge in [-0.05, 0) is 0 Å². The van der Waals surface area contributed by atoms with E-state index in [0.29, 0.717) is 0 Å². The predicted molar refractivity (Wildman–Crippen MR) is 91.6 cm³/mol. The average molecular weight is 567 g/mol. The first-order chi connectivity index (χ1) is 17.6. The fourth-order valence-electron chi connectivity index (χ4n) is 3.21. The van der Waals surface area contributed by atoms with Gasteiger partial charge in [-0.15, -0.1) is 10.2 Å². The molecule has 0 amide bonds. The van der Waals surface area contributed by atoms with Crippen LogP contribution in [0, 0.1) is 87.3 Å². The second-order valence-corrected chi connectivity index (χ2v) is 6.99. The van der Waals surface area contributed by atoms with Gasteiger partial charge in [0.15, 0.2) is 81.5 Å². The van der Waals surface area contributed by atoms with Crippen molar-refractivity contribution in [3.05, 3.63) is 87.3 Å². The number of rotatable bonds is 3. The van der Waals surface area contributed by atoms with Crippen molar-refractivity contribution in [2.24, 2.45) is 0 Å². The van der Waals surface area contributed by atoms with Gasteiger partial charge >= 0.3 is 0 Å². The number of nitrogens with zero attached hydrogens (tertiary/aromatic N) is 3. The summed E-state index contributed by atoms with van der Waals surface area (Å²) in [4.78, 5) is 0. The van der Waals surface area contributed by atoms with E-state index in [1.165, 1.54) is 0 Å². The highest BCUT2D eigenvalue weighted by atomic mass is 19.2. The van der Waals surface area contributed by atoms with E-state index in [0.717, 1.165) is 0 Å². The highest BCUT2D eigenvalue weighted by molar-refractivity contribution is 5.69. The number of halogens is 15. The van der Waals surface area contributed by atoms with Crippen LogP contribution in [0.25, 0.3) is 28.5 Å². The molecule has 0 aliphatic heterocycles. The zero-order valence-corrected chi connectivity index (χ0v) is 17.0. The van der Waals surface area contributed by atoms with Gasteiger partial charge in [0.25, 0.3) is 0 Å². The van der Waals surface area contributed by atoms with Crippen molar-refractivity contribution in [1.29, 1.82) is 0 Å². The Morgan fingerprint density at radius 3 is 0.763 bits per heavy atom. The first-order valence-electron chi connectivity index (χ1n) is 9.15. The summed E-state index contributed by atoms with van der Waals surface area (Å²) in [6.45, 7) is 0. The molecule has 0 bridgehead atoms. The lowest BCUT2D eigenvalue weighted by Crippen LogP contribution is -2.15. The third-order valence-electron chi connectivity index (χ3n) is 4.94. The van der Waals surface area contributed by atoms with Crippen LogP contribution in [0.4, 0.5) is 65.9 Å². The molecule has 0 radical (unpaired) electrons. The summed E-state index contributed by atoms with van der Waals surface area (Å²) in [5.41, 5.74) is -7.05. The van der Waals surface area contributed by atoms with Crippen LogP contribution in [0.15, 0.2) is 0 Å². The van der Waals surface area contributed by atoms with E-state index >= 15 is 0 Å². The van der Waals surface area contributed by atoms with Crippen molar-refractivity contribution in [2.45, 2.75) is 0 Å². The van der Waals surface area contributed by atoms with Crippen LogP contribution >= 0.6 is 0 Å². The van der Waals surface area contributed by atoms with Crippen LogP contribution < -0.4 is 0 Å². The Morgan fingerprint density at radius 1 is 0.289 bits per heavy atom. The van der Waals surface area contributed by atoms with Crippen molar-refractivity contribution >= 4 is 0 Å². The molecule has 0 atom stereocenters. The standard InChI is InChI=1S/C20F15N3/c21-3-1(4(22)8(26)11(29)7(3)25)19-36-37-20(2-5(23)9(27)12(30)10(28)6(2)24)38(19)18-16(34)14(32)13(31)15(33)17(18)35. The van der Waals surface area contributed by atoms with Gasteiger partial charge in [0.05, 0.1) is 11.1 Å². The van der Waals surface area contributed by atoms with E-state index in [4.69, 9.17) is 0 Å². The Morgan fingerprint density at radius 2 is 0.500 bits per heavy atom. The fraction of sp³-hybridized carbons (Fsp3) is 0. The van der Waals surface area contributed by atoms with Crippen molar-refractivity contribution in [3.8, 4) is 28.5 Å². The molecule has 18 heteroatoms. The molecule has 0 unspecified atom stereocenters. The van der Waals surface area contributed by atoms with Gasteiger partial charge in [0, 0.05) is 0 Å². The maximum absolute atomic E-state index is 14.6. The second-order valence-electron chi connectivity index (χ2n) is 6.99. The normalized spacial score (nSPS) is 11.6. The summed E-state index contributed by atoms with van der Waals surface area (Å²) >= 11 is 0. The van der Waals surface area contributed by atoms with Crippen LogP contribution in [0.5, 0.6) is 0 Å². The zero-order valence-electron chi connectivity index (χ0n) is 17.0. The van der Waals surface area contributed by atoms with Gasteiger partial charge in [0.2, 0.25) is 17.5 Å². The molecular formula is C20F15N3. The third-order valence-corrected chi connectivity index (χ3v) is 4.94. The summed E-state index contributed by atoms with van der Waals surface area (Å²) in [7, 11) is 0. The fourth-order valence-corrected chi connectivity index (χ4v) is 3.21. The van der Waals surface area contributed by atoms with Gasteiger partial charge in [-0.1, -0.05) is 0 Å². The molecule has 4 aromatic rings. The molecule has 4 rings (SSSR count). The van der Waals surface area contributed by atoms with E-state index < -0.39 is 120 Å². The lowest BCUT2D eigenvalue weighted by molar-refractivity contribution is 0.374. The molecule has 0 saturated heterocycles. The Labute approximate surface area is 197 Å². The first kappa shape index (κ1) is 26.8. The van der Waals surface area contributed by atoms with Crippen LogP contribution in [-0.4, -0.2) is 14.8 Å². The van der Waals surface area contributed by atoms with E-state index in [-0.39, 0.29) is 0 Å². The summed E-state index contributed by atoms with van der Waals surface area (Å²) in [6, 6.07) is 0. The Bertz CT molecular complexity index is 1500. The Balaban J connectivity index is 2.29. The SMILES string of the molecule is Fc1c(F)c(F)c(-c2nnc(-c3c(F)c(F)c(F)c(F)c3F)n2-c2c(F)c(F)c(F)c(F)c2F)c(F)c1F. The van der Waals surface area contributed by atoms with Crippen LogP contribution in [-0.2, 0) is 0 Å². The Hall–Kier alpha value is -4.25. The largest absolute Gasteiger partial charge is 0.269 e. The van der Waals surface area contributed by atoms with Crippen molar-refractivity contribution < 1.29 is 65.9 Å². The van der Waals surface area contributed by atoms with Crippen LogP contribution in [0.1, 0.15) is 0 Å². The third kappa shape index (κ3) is 3.49. The summed E-state index contributed by atoms with van der Waals surface area (Å²) in [5.74, 6) is -46.6. The van der Waals surface area contributed by atoms with Crippen molar-refractivity contribution in [1.82, 2.24) is 14.8 Å². The lowest BCUT2D eigenvalue weighted by Gasteiger charge is -2.16. The van der Waals surface area contributed by atoms with Gasteiger partial charge < -0.3 is 0 Å².